The summed E-state index contributed by atoms with van der Waals surface area (Å²) < 4.78 is 10.9. The zero-order valence-electron chi connectivity index (χ0n) is 18.5. The molecule has 0 saturated carbocycles. The number of pyridine rings is 1. The number of hydrogen-bond donors (Lipinski definition) is 2. The van der Waals surface area contributed by atoms with Crippen LogP contribution in [-0.2, 0) is 11.3 Å². The molecular weight excluding hydrogens is 416 g/mol. The number of nitrogens with one attached hydrogen (secondary N) is 2. The van der Waals surface area contributed by atoms with Crippen LogP contribution in [0.3, 0.4) is 0 Å². The Bertz CT molecular complexity index is 1260. The Balaban J connectivity index is 1.43. The van der Waals surface area contributed by atoms with Gasteiger partial charge in [0.25, 0.3) is 0 Å². The van der Waals surface area contributed by atoms with Gasteiger partial charge in [0.2, 0.25) is 0 Å². The Morgan fingerprint density at radius 3 is 2.70 bits per heavy atom. The van der Waals surface area contributed by atoms with Crippen LogP contribution in [0.2, 0.25) is 0 Å². The molecule has 7 nitrogen and oxygen atoms in total. The van der Waals surface area contributed by atoms with E-state index in [0.717, 1.165) is 42.6 Å². The highest BCUT2D eigenvalue weighted by Gasteiger charge is 2.19. The fourth-order valence-corrected chi connectivity index (χ4v) is 4.24. The number of esters is 1. The van der Waals surface area contributed by atoms with Gasteiger partial charge in [-0.05, 0) is 67.2 Å². The van der Waals surface area contributed by atoms with Gasteiger partial charge in [-0.1, -0.05) is 30.3 Å². The number of methoxy groups -OCH3 is 1. The number of rotatable bonds is 6. The molecule has 0 amide bonds. The number of carbonyl (C=O) groups excluding carboxylic acids is 1. The van der Waals surface area contributed by atoms with Crippen LogP contribution in [0, 0.1) is 0 Å². The van der Waals surface area contributed by atoms with E-state index >= 15 is 0 Å². The number of carbonyl (C=O) groups is 1. The van der Waals surface area contributed by atoms with Crippen LogP contribution in [0.1, 0.15) is 40.2 Å². The third kappa shape index (κ3) is 4.59. The van der Waals surface area contributed by atoms with E-state index in [1.807, 2.05) is 42.6 Å². The maximum Gasteiger partial charge on any atom is 0.341 e. The van der Waals surface area contributed by atoms with E-state index in [1.165, 1.54) is 12.7 Å². The molecule has 2 aromatic carbocycles. The molecule has 0 atom stereocenters. The van der Waals surface area contributed by atoms with Gasteiger partial charge in [-0.3, -0.25) is 0 Å². The molecule has 4 aromatic rings. The van der Waals surface area contributed by atoms with E-state index in [-0.39, 0.29) is 0 Å². The molecule has 2 N–H and O–H groups in total. The highest BCUT2D eigenvalue weighted by molar-refractivity contribution is 5.94. The standard InChI is InChI=1S/C26H26N4O3/c1-32-26(31)21-13-19(7-8-23(21)33-16-17-5-3-2-4-6-17)24-29-22-14-20(15-28-25(22)30-24)18-9-11-27-12-10-18/h2-8,13-15,18,27H,9-12,16H2,1H3,(H,28,29,30). The molecule has 0 bridgehead atoms. The van der Waals surface area contributed by atoms with Crippen molar-refractivity contribution in [2.24, 2.45) is 0 Å². The maximum absolute atomic E-state index is 12.5. The molecule has 33 heavy (non-hydrogen) atoms. The number of H-pyrrole nitrogens is 1. The van der Waals surface area contributed by atoms with Crippen molar-refractivity contribution in [3.05, 3.63) is 77.5 Å². The molecule has 0 spiro atoms. The van der Waals surface area contributed by atoms with Gasteiger partial charge in [-0.25, -0.2) is 14.8 Å². The van der Waals surface area contributed by atoms with Crippen molar-refractivity contribution in [3.8, 4) is 17.1 Å². The second-order valence-corrected chi connectivity index (χ2v) is 8.23. The molecular formula is C26H26N4O3. The number of aromatic nitrogens is 3. The minimum atomic E-state index is -0.456. The second kappa shape index (κ2) is 9.42. The summed E-state index contributed by atoms with van der Waals surface area (Å²) in [5.41, 5.74) is 4.93. The third-order valence-electron chi connectivity index (χ3n) is 6.06. The summed E-state index contributed by atoms with van der Waals surface area (Å²) in [6, 6.07) is 17.4. The molecule has 2 aromatic heterocycles. The number of hydrogen-bond acceptors (Lipinski definition) is 6. The summed E-state index contributed by atoms with van der Waals surface area (Å²) in [6.45, 7) is 2.43. The normalized spacial score (nSPS) is 14.3. The van der Waals surface area contributed by atoms with Gasteiger partial charge in [0.05, 0.1) is 12.6 Å². The van der Waals surface area contributed by atoms with Gasteiger partial charge in [0.1, 0.15) is 23.7 Å². The highest BCUT2D eigenvalue weighted by atomic mass is 16.5. The predicted octanol–water partition coefficient (Wildman–Crippen LogP) is 4.46. The fraction of sp³-hybridized carbons (Fsp3) is 0.269. The Morgan fingerprint density at radius 1 is 1.09 bits per heavy atom. The number of imidazole rings is 1. The average Bonchev–Trinajstić information content (AvgIpc) is 3.31. The molecule has 1 fully saturated rings. The lowest BCUT2D eigenvalue weighted by Gasteiger charge is -2.22. The number of benzene rings is 2. The zero-order valence-corrected chi connectivity index (χ0v) is 18.5. The first-order valence-electron chi connectivity index (χ1n) is 11.2. The lowest BCUT2D eigenvalue weighted by atomic mass is 9.91. The molecule has 168 valence electrons. The SMILES string of the molecule is COC(=O)c1cc(-c2nc3ncc(C4CCNCC4)cc3[nH]2)ccc1OCc1ccccc1. The van der Waals surface area contributed by atoms with Gasteiger partial charge in [0.15, 0.2) is 5.65 Å². The van der Waals surface area contributed by atoms with Crippen LogP contribution >= 0.6 is 0 Å². The van der Waals surface area contributed by atoms with Gasteiger partial charge >= 0.3 is 5.97 Å². The molecule has 0 radical (unpaired) electrons. The highest BCUT2D eigenvalue weighted by Crippen LogP contribution is 2.30. The quantitative estimate of drug-likeness (QED) is 0.429. The van der Waals surface area contributed by atoms with E-state index < -0.39 is 5.97 Å². The lowest BCUT2D eigenvalue weighted by molar-refractivity contribution is 0.0595. The molecule has 5 rings (SSSR count). The largest absolute Gasteiger partial charge is 0.488 e. The first-order valence-corrected chi connectivity index (χ1v) is 11.2. The second-order valence-electron chi connectivity index (χ2n) is 8.23. The molecule has 1 saturated heterocycles. The Labute approximate surface area is 192 Å². The molecule has 1 aliphatic heterocycles. The molecule has 3 heterocycles. The first-order chi connectivity index (χ1) is 16.2. The van der Waals surface area contributed by atoms with E-state index in [2.05, 4.69) is 26.3 Å². The number of ether oxygens (including phenoxy) is 2. The summed E-state index contributed by atoms with van der Waals surface area (Å²) >= 11 is 0. The van der Waals surface area contributed by atoms with E-state index in [4.69, 9.17) is 9.47 Å². The predicted molar refractivity (Wildman–Crippen MR) is 126 cm³/mol. The maximum atomic E-state index is 12.5. The van der Waals surface area contributed by atoms with Gasteiger partial charge in [0, 0.05) is 11.8 Å². The first kappa shape index (κ1) is 21.2. The summed E-state index contributed by atoms with van der Waals surface area (Å²) in [4.78, 5) is 25.1. The third-order valence-corrected chi connectivity index (χ3v) is 6.06. The Hall–Kier alpha value is -3.71. The summed E-state index contributed by atoms with van der Waals surface area (Å²) in [7, 11) is 1.36. The van der Waals surface area contributed by atoms with E-state index in [9.17, 15) is 4.79 Å². The molecule has 7 heteroatoms. The van der Waals surface area contributed by atoms with Crippen LogP contribution in [-0.4, -0.2) is 41.1 Å². The minimum absolute atomic E-state index is 0.356. The van der Waals surface area contributed by atoms with Crippen molar-refractivity contribution in [2.75, 3.05) is 20.2 Å². The van der Waals surface area contributed by atoms with Crippen molar-refractivity contribution in [1.29, 1.82) is 0 Å². The van der Waals surface area contributed by atoms with Crippen LogP contribution < -0.4 is 10.1 Å². The summed E-state index contributed by atoms with van der Waals surface area (Å²) in [5.74, 6) is 1.18. The van der Waals surface area contributed by atoms with Crippen LogP contribution in [0.5, 0.6) is 5.75 Å². The molecule has 0 aliphatic carbocycles. The van der Waals surface area contributed by atoms with Crippen molar-refractivity contribution < 1.29 is 14.3 Å². The number of nitrogens with zero attached hydrogens (tertiary/aromatic N) is 2. The van der Waals surface area contributed by atoms with Crippen molar-refractivity contribution in [1.82, 2.24) is 20.3 Å². The van der Waals surface area contributed by atoms with Crippen molar-refractivity contribution in [2.45, 2.75) is 25.4 Å². The molecule has 0 unspecified atom stereocenters. The fourth-order valence-electron chi connectivity index (χ4n) is 4.24. The van der Waals surface area contributed by atoms with Crippen molar-refractivity contribution >= 4 is 17.1 Å². The number of aromatic amines is 1. The van der Waals surface area contributed by atoms with Crippen LogP contribution in [0.15, 0.2) is 60.8 Å². The zero-order chi connectivity index (χ0) is 22.6. The summed E-state index contributed by atoms with van der Waals surface area (Å²) in [5, 5.41) is 3.40. The smallest absolute Gasteiger partial charge is 0.341 e. The van der Waals surface area contributed by atoms with E-state index in [1.54, 1.807) is 12.1 Å². The average molecular weight is 443 g/mol. The molecule has 1 aliphatic rings. The van der Waals surface area contributed by atoms with Crippen molar-refractivity contribution in [3.63, 3.8) is 0 Å². The Kier molecular flexibility index (Phi) is 6.04. The Morgan fingerprint density at radius 2 is 1.91 bits per heavy atom. The summed E-state index contributed by atoms with van der Waals surface area (Å²) in [6.07, 6.45) is 4.16. The monoisotopic (exact) mass is 442 g/mol. The van der Waals surface area contributed by atoms with Gasteiger partial charge in [-0.2, -0.15) is 0 Å². The van der Waals surface area contributed by atoms with Crippen LogP contribution in [0.25, 0.3) is 22.6 Å². The number of piperidine rings is 1. The number of fused-ring (bicyclic) bond motifs is 1. The lowest BCUT2D eigenvalue weighted by Crippen LogP contribution is -2.26. The van der Waals surface area contributed by atoms with E-state index in [0.29, 0.717) is 35.3 Å². The minimum Gasteiger partial charge on any atom is -0.488 e. The van der Waals surface area contributed by atoms with Gasteiger partial charge < -0.3 is 19.8 Å². The van der Waals surface area contributed by atoms with Crippen LogP contribution in [0.4, 0.5) is 0 Å². The topological polar surface area (TPSA) is 89.1 Å². The van der Waals surface area contributed by atoms with Gasteiger partial charge in [-0.15, -0.1) is 0 Å².